The van der Waals surface area contributed by atoms with Crippen molar-refractivity contribution in [2.75, 3.05) is 7.11 Å². The normalized spacial score (nSPS) is 15.6. The average Bonchev–Trinajstić information content (AvgIpc) is 2.92. The summed E-state index contributed by atoms with van der Waals surface area (Å²) >= 11 is 0. The Labute approximate surface area is 184 Å². The molecule has 0 spiro atoms. The Morgan fingerprint density at radius 2 is 1.52 bits per heavy atom. The Hall–Kier alpha value is -2.76. The summed E-state index contributed by atoms with van der Waals surface area (Å²) in [6.07, 6.45) is -6.07. The molecule has 0 saturated heterocycles. The van der Waals surface area contributed by atoms with E-state index in [1.165, 1.54) is 37.4 Å². The van der Waals surface area contributed by atoms with Crippen LogP contribution in [0.2, 0.25) is 0 Å². The standard InChI is InChI=1S/C21H17F7O4S/c1-31-15-10-11-17-14(12-15)8-5-9-16(13-6-3-2-4-7-13)18(17)32-33(29,30)21(27,28)19(22,23)20(24,25)26/h2-4,6-7,10-12H,5,8-9H2,1H3. The summed E-state index contributed by atoms with van der Waals surface area (Å²) in [4.78, 5) is 0. The third-order valence-electron chi connectivity index (χ3n) is 5.05. The Morgan fingerprint density at radius 1 is 0.879 bits per heavy atom. The number of alkyl halides is 7. The van der Waals surface area contributed by atoms with Crippen LogP contribution in [0.1, 0.15) is 29.5 Å². The van der Waals surface area contributed by atoms with E-state index in [2.05, 4.69) is 4.18 Å². The molecule has 180 valence electrons. The van der Waals surface area contributed by atoms with Gasteiger partial charge in [0.1, 0.15) is 5.75 Å². The number of ether oxygens (including phenoxy) is 1. The topological polar surface area (TPSA) is 52.6 Å². The SMILES string of the molecule is COc1ccc2c(c1)CCCC(c1ccccc1)=C2OS(=O)(=O)C(F)(F)C(F)(F)C(F)(F)F. The van der Waals surface area contributed by atoms with Crippen molar-refractivity contribution in [1.82, 2.24) is 0 Å². The van der Waals surface area contributed by atoms with Crippen LogP contribution in [0.3, 0.4) is 0 Å². The molecular formula is C21H17F7O4S. The highest BCUT2D eigenvalue weighted by Gasteiger charge is 2.80. The third-order valence-corrected chi connectivity index (χ3v) is 6.33. The first-order valence-electron chi connectivity index (χ1n) is 9.45. The number of fused-ring (bicyclic) bond motifs is 1. The van der Waals surface area contributed by atoms with Crippen LogP contribution in [0, 0.1) is 0 Å². The molecule has 12 heteroatoms. The number of allylic oxidation sites excluding steroid dienone is 1. The molecule has 0 N–H and O–H groups in total. The van der Waals surface area contributed by atoms with Crippen LogP contribution in [0.4, 0.5) is 30.7 Å². The molecule has 0 bridgehead atoms. The van der Waals surface area contributed by atoms with Gasteiger partial charge in [0.15, 0.2) is 5.76 Å². The molecule has 0 atom stereocenters. The highest BCUT2D eigenvalue weighted by Crippen LogP contribution is 2.51. The first kappa shape index (κ1) is 24.9. The summed E-state index contributed by atoms with van der Waals surface area (Å²) in [7, 11) is -5.46. The minimum absolute atomic E-state index is 0.0400. The summed E-state index contributed by atoms with van der Waals surface area (Å²) in [5.41, 5.74) is 0.740. The van der Waals surface area contributed by atoms with E-state index in [1.54, 1.807) is 18.2 Å². The van der Waals surface area contributed by atoms with Gasteiger partial charge < -0.3 is 8.92 Å². The van der Waals surface area contributed by atoms with Gasteiger partial charge in [-0.1, -0.05) is 30.3 Å². The van der Waals surface area contributed by atoms with Crippen molar-refractivity contribution in [3.8, 4) is 5.75 Å². The summed E-state index contributed by atoms with van der Waals surface area (Å²) < 4.78 is 127. The quantitative estimate of drug-likeness (QED) is 0.360. The van der Waals surface area contributed by atoms with Crippen LogP contribution in [-0.2, 0) is 20.7 Å². The van der Waals surface area contributed by atoms with Crippen LogP contribution < -0.4 is 4.74 Å². The molecule has 0 aliphatic heterocycles. The van der Waals surface area contributed by atoms with Gasteiger partial charge in [-0.2, -0.15) is 39.2 Å². The van der Waals surface area contributed by atoms with Gasteiger partial charge in [-0.15, -0.1) is 0 Å². The van der Waals surface area contributed by atoms with Gasteiger partial charge in [-0.25, -0.2) is 0 Å². The van der Waals surface area contributed by atoms with Gasteiger partial charge in [-0.3, -0.25) is 0 Å². The molecule has 0 radical (unpaired) electrons. The van der Waals surface area contributed by atoms with E-state index in [4.69, 9.17) is 4.74 Å². The Morgan fingerprint density at radius 3 is 2.09 bits per heavy atom. The fourth-order valence-corrected chi connectivity index (χ4v) is 4.30. The molecule has 1 aliphatic rings. The van der Waals surface area contributed by atoms with E-state index in [0.29, 0.717) is 29.7 Å². The number of hydrogen-bond acceptors (Lipinski definition) is 4. The molecule has 3 rings (SSSR count). The second-order valence-corrected chi connectivity index (χ2v) is 8.76. The molecule has 0 heterocycles. The number of aryl methyl sites for hydroxylation is 1. The maximum atomic E-state index is 14.1. The zero-order valence-corrected chi connectivity index (χ0v) is 17.7. The second-order valence-electron chi connectivity index (χ2n) is 7.18. The van der Waals surface area contributed by atoms with Gasteiger partial charge in [0.2, 0.25) is 0 Å². The van der Waals surface area contributed by atoms with Crippen molar-refractivity contribution in [3.05, 3.63) is 65.2 Å². The Kier molecular flexibility index (Phi) is 6.44. The van der Waals surface area contributed by atoms with E-state index < -0.39 is 33.2 Å². The van der Waals surface area contributed by atoms with Crippen LogP contribution in [0.15, 0.2) is 48.5 Å². The lowest BCUT2D eigenvalue weighted by molar-refractivity contribution is -0.333. The molecule has 0 fully saturated rings. The minimum atomic E-state index is -6.89. The molecule has 4 nitrogen and oxygen atoms in total. The van der Waals surface area contributed by atoms with E-state index >= 15 is 0 Å². The number of halogens is 7. The monoisotopic (exact) mass is 498 g/mol. The Balaban J connectivity index is 2.22. The summed E-state index contributed by atoms with van der Waals surface area (Å²) in [5.74, 6) is -7.29. The van der Waals surface area contributed by atoms with Crippen molar-refractivity contribution in [1.29, 1.82) is 0 Å². The zero-order valence-electron chi connectivity index (χ0n) is 16.9. The predicted molar refractivity (Wildman–Crippen MR) is 105 cm³/mol. The lowest BCUT2D eigenvalue weighted by Gasteiger charge is -2.28. The summed E-state index contributed by atoms with van der Waals surface area (Å²) in [6.45, 7) is 0. The largest absolute Gasteiger partial charge is 0.497 e. The first-order valence-corrected chi connectivity index (χ1v) is 10.9. The van der Waals surface area contributed by atoms with E-state index in [-0.39, 0.29) is 17.6 Å². The fourth-order valence-electron chi connectivity index (χ4n) is 3.35. The highest BCUT2D eigenvalue weighted by molar-refractivity contribution is 7.88. The molecule has 33 heavy (non-hydrogen) atoms. The molecule has 0 saturated carbocycles. The molecule has 0 aromatic heterocycles. The molecular weight excluding hydrogens is 481 g/mol. The number of benzene rings is 2. The summed E-state index contributed by atoms with van der Waals surface area (Å²) in [5, 5.41) is -6.59. The van der Waals surface area contributed by atoms with Gasteiger partial charge in [0.05, 0.1) is 7.11 Å². The maximum Gasteiger partial charge on any atom is 0.461 e. The Bertz CT molecular complexity index is 1160. The number of hydrogen-bond donors (Lipinski definition) is 0. The fraction of sp³-hybridized carbons (Fsp3) is 0.333. The zero-order chi connectivity index (χ0) is 24.7. The van der Waals surface area contributed by atoms with Gasteiger partial charge >= 0.3 is 27.5 Å². The molecule has 0 amide bonds. The van der Waals surface area contributed by atoms with Crippen molar-refractivity contribution in [2.45, 2.75) is 36.6 Å². The first-order chi connectivity index (χ1) is 15.2. The van der Waals surface area contributed by atoms with E-state index in [1.807, 2.05) is 0 Å². The maximum absolute atomic E-state index is 14.1. The molecule has 1 aliphatic carbocycles. The summed E-state index contributed by atoms with van der Waals surface area (Å²) in [6, 6.07) is 11.8. The van der Waals surface area contributed by atoms with Crippen LogP contribution in [0.25, 0.3) is 11.3 Å². The van der Waals surface area contributed by atoms with Gasteiger partial charge in [0.25, 0.3) is 0 Å². The highest BCUT2D eigenvalue weighted by atomic mass is 32.2. The van der Waals surface area contributed by atoms with E-state index in [9.17, 15) is 39.2 Å². The second kappa shape index (κ2) is 8.54. The van der Waals surface area contributed by atoms with Crippen LogP contribution in [0.5, 0.6) is 5.75 Å². The van der Waals surface area contributed by atoms with Crippen molar-refractivity contribution in [3.63, 3.8) is 0 Å². The van der Waals surface area contributed by atoms with Crippen LogP contribution >= 0.6 is 0 Å². The smallest absolute Gasteiger partial charge is 0.461 e. The predicted octanol–water partition coefficient (Wildman–Crippen LogP) is 6.04. The minimum Gasteiger partial charge on any atom is -0.497 e. The van der Waals surface area contributed by atoms with Gasteiger partial charge in [-0.05, 0) is 48.6 Å². The van der Waals surface area contributed by atoms with Crippen molar-refractivity contribution < 1.29 is 48.1 Å². The molecule has 2 aromatic carbocycles. The average molecular weight is 498 g/mol. The number of rotatable bonds is 6. The van der Waals surface area contributed by atoms with Crippen molar-refractivity contribution >= 4 is 21.5 Å². The molecule has 0 unspecified atom stereocenters. The lowest BCUT2D eigenvalue weighted by Crippen LogP contribution is -2.56. The lowest BCUT2D eigenvalue weighted by atomic mass is 9.99. The van der Waals surface area contributed by atoms with Gasteiger partial charge in [0, 0.05) is 11.1 Å². The molecule has 2 aromatic rings. The van der Waals surface area contributed by atoms with E-state index in [0.717, 1.165) is 0 Å². The van der Waals surface area contributed by atoms with Crippen LogP contribution in [-0.4, -0.2) is 32.9 Å². The third kappa shape index (κ3) is 4.40. The van der Waals surface area contributed by atoms with Crippen molar-refractivity contribution in [2.24, 2.45) is 0 Å². The number of methoxy groups -OCH3 is 1.